The molecule has 2 nitrogen and oxygen atoms in total. The SMILES string of the molecule is NC1CCOCC1.c1ccccc1. The van der Waals surface area contributed by atoms with Crippen molar-refractivity contribution in [2.24, 2.45) is 5.73 Å². The molecule has 2 rings (SSSR count). The minimum Gasteiger partial charge on any atom is -0.381 e. The Kier molecular flexibility index (Phi) is 5.22. The summed E-state index contributed by atoms with van der Waals surface area (Å²) < 4.78 is 5.06. The molecule has 0 unspecified atom stereocenters. The Morgan fingerprint density at radius 2 is 1.23 bits per heavy atom. The van der Waals surface area contributed by atoms with Crippen LogP contribution in [-0.2, 0) is 4.74 Å². The predicted molar refractivity (Wildman–Crippen MR) is 54.5 cm³/mol. The third-order valence-corrected chi connectivity index (χ3v) is 1.93. The quantitative estimate of drug-likeness (QED) is 0.659. The molecule has 1 fully saturated rings. The van der Waals surface area contributed by atoms with Crippen LogP contribution in [0.25, 0.3) is 0 Å². The van der Waals surface area contributed by atoms with Crippen molar-refractivity contribution in [2.45, 2.75) is 18.9 Å². The van der Waals surface area contributed by atoms with E-state index in [4.69, 9.17) is 10.5 Å². The molecule has 1 aromatic carbocycles. The molecular formula is C11H17NO. The first-order chi connectivity index (χ1) is 6.39. The maximum absolute atomic E-state index is 5.55. The van der Waals surface area contributed by atoms with Crippen LogP contribution in [-0.4, -0.2) is 19.3 Å². The summed E-state index contributed by atoms with van der Waals surface area (Å²) >= 11 is 0. The lowest BCUT2D eigenvalue weighted by atomic mass is 10.1. The highest BCUT2D eigenvalue weighted by Gasteiger charge is 2.06. The second-order valence-electron chi connectivity index (χ2n) is 3.10. The predicted octanol–water partition coefficient (Wildman–Crippen LogP) is 1.81. The third-order valence-electron chi connectivity index (χ3n) is 1.93. The van der Waals surface area contributed by atoms with Crippen molar-refractivity contribution in [3.63, 3.8) is 0 Å². The van der Waals surface area contributed by atoms with Gasteiger partial charge < -0.3 is 10.5 Å². The Hall–Kier alpha value is -0.860. The summed E-state index contributed by atoms with van der Waals surface area (Å²) in [6, 6.07) is 12.4. The molecule has 1 aliphatic heterocycles. The number of hydrogen-bond acceptors (Lipinski definition) is 2. The van der Waals surface area contributed by atoms with Crippen LogP contribution in [0.1, 0.15) is 12.8 Å². The zero-order chi connectivity index (χ0) is 9.36. The van der Waals surface area contributed by atoms with Crippen molar-refractivity contribution >= 4 is 0 Å². The van der Waals surface area contributed by atoms with Gasteiger partial charge in [-0.3, -0.25) is 0 Å². The number of rotatable bonds is 0. The smallest absolute Gasteiger partial charge is 0.0480 e. The van der Waals surface area contributed by atoms with Crippen LogP contribution in [0.3, 0.4) is 0 Å². The van der Waals surface area contributed by atoms with E-state index in [1.807, 2.05) is 36.4 Å². The van der Waals surface area contributed by atoms with Crippen LogP contribution in [0.5, 0.6) is 0 Å². The molecule has 2 heteroatoms. The summed E-state index contributed by atoms with van der Waals surface area (Å²) in [6.07, 6.45) is 2.08. The standard InChI is InChI=1S/C6H6.C5H11NO/c1-2-4-6-5-3-1;6-5-1-3-7-4-2-5/h1-6H;5H,1-4,6H2. The molecule has 0 aromatic heterocycles. The average Bonchev–Trinajstić information content (AvgIpc) is 2.22. The van der Waals surface area contributed by atoms with E-state index in [1.165, 1.54) is 0 Å². The van der Waals surface area contributed by atoms with Gasteiger partial charge in [-0.1, -0.05) is 36.4 Å². The largest absolute Gasteiger partial charge is 0.381 e. The maximum Gasteiger partial charge on any atom is 0.0480 e. The van der Waals surface area contributed by atoms with Gasteiger partial charge in [0.2, 0.25) is 0 Å². The number of ether oxygens (including phenoxy) is 1. The van der Waals surface area contributed by atoms with E-state index < -0.39 is 0 Å². The van der Waals surface area contributed by atoms with E-state index in [-0.39, 0.29) is 0 Å². The minimum atomic E-state index is 0.411. The van der Waals surface area contributed by atoms with E-state index in [2.05, 4.69) is 0 Å². The van der Waals surface area contributed by atoms with Crippen LogP contribution in [0.2, 0.25) is 0 Å². The monoisotopic (exact) mass is 179 g/mol. The van der Waals surface area contributed by atoms with Crippen molar-refractivity contribution in [3.05, 3.63) is 36.4 Å². The molecule has 0 amide bonds. The van der Waals surface area contributed by atoms with Crippen molar-refractivity contribution < 1.29 is 4.74 Å². The summed E-state index contributed by atoms with van der Waals surface area (Å²) in [7, 11) is 0. The van der Waals surface area contributed by atoms with Gasteiger partial charge in [0.05, 0.1) is 0 Å². The highest BCUT2D eigenvalue weighted by Crippen LogP contribution is 2.01. The minimum absolute atomic E-state index is 0.411. The topological polar surface area (TPSA) is 35.2 Å². The third kappa shape index (κ3) is 5.39. The highest BCUT2D eigenvalue weighted by molar-refractivity contribution is 4.99. The van der Waals surface area contributed by atoms with Gasteiger partial charge in [-0.15, -0.1) is 0 Å². The molecule has 0 saturated carbocycles. The lowest BCUT2D eigenvalue weighted by Crippen LogP contribution is -2.28. The van der Waals surface area contributed by atoms with Crippen LogP contribution in [0.15, 0.2) is 36.4 Å². The molecule has 1 aliphatic rings. The van der Waals surface area contributed by atoms with Crippen molar-refractivity contribution in [3.8, 4) is 0 Å². The summed E-state index contributed by atoms with van der Waals surface area (Å²) in [5, 5.41) is 0. The second-order valence-corrected chi connectivity index (χ2v) is 3.10. The van der Waals surface area contributed by atoms with Gasteiger partial charge in [0, 0.05) is 19.3 Å². The second kappa shape index (κ2) is 6.63. The first kappa shape index (κ1) is 10.2. The summed E-state index contributed by atoms with van der Waals surface area (Å²) in [4.78, 5) is 0. The van der Waals surface area contributed by atoms with Crippen molar-refractivity contribution in [1.82, 2.24) is 0 Å². The molecule has 0 spiro atoms. The zero-order valence-electron chi connectivity index (χ0n) is 7.86. The number of nitrogens with two attached hydrogens (primary N) is 1. The van der Waals surface area contributed by atoms with Crippen LogP contribution < -0.4 is 5.73 Å². The maximum atomic E-state index is 5.55. The van der Waals surface area contributed by atoms with E-state index in [1.54, 1.807) is 0 Å². The fraction of sp³-hybridized carbons (Fsp3) is 0.455. The average molecular weight is 179 g/mol. The van der Waals surface area contributed by atoms with Crippen LogP contribution >= 0.6 is 0 Å². The van der Waals surface area contributed by atoms with Gasteiger partial charge in [-0.05, 0) is 12.8 Å². The molecule has 1 heterocycles. The van der Waals surface area contributed by atoms with Crippen molar-refractivity contribution in [1.29, 1.82) is 0 Å². The molecule has 1 aromatic rings. The molecule has 0 bridgehead atoms. The normalized spacial score (nSPS) is 17.3. The Bertz CT molecular complexity index is 168. The van der Waals surface area contributed by atoms with Crippen molar-refractivity contribution in [2.75, 3.05) is 13.2 Å². The molecule has 72 valence electrons. The molecule has 2 N–H and O–H groups in total. The lowest BCUT2D eigenvalue weighted by molar-refractivity contribution is 0.0866. The van der Waals surface area contributed by atoms with Gasteiger partial charge in [-0.2, -0.15) is 0 Å². The first-order valence-corrected chi connectivity index (χ1v) is 4.73. The summed E-state index contributed by atoms with van der Waals surface area (Å²) in [5.41, 5.74) is 5.55. The number of hydrogen-bond donors (Lipinski definition) is 1. The Morgan fingerprint density at radius 3 is 1.46 bits per heavy atom. The first-order valence-electron chi connectivity index (χ1n) is 4.73. The lowest BCUT2D eigenvalue weighted by Gasteiger charge is -2.16. The molecule has 13 heavy (non-hydrogen) atoms. The Morgan fingerprint density at radius 1 is 0.846 bits per heavy atom. The molecule has 0 aliphatic carbocycles. The molecule has 1 saturated heterocycles. The van der Waals surface area contributed by atoms with E-state index in [9.17, 15) is 0 Å². The summed E-state index contributed by atoms with van der Waals surface area (Å²) in [6.45, 7) is 1.72. The molecule has 0 radical (unpaired) electrons. The Labute approximate surface area is 79.7 Å². The highest BCUT2D eigenvalue weighted by atomic mass is 16.5. The molecular weight excluding hydrogens is 162 g/mol. The van der Waals surface area contributed by atoms with E-state index >= 15 is 0 Å². The van der Waals surface area contributed by atoms with Gasteiger partial charge >= 0.3 is 0 Å². The number of benzene rings is 1. The Balaban J connectivity index is 0.000000132. The van der Waals surface area contributed by atoms with E-state index in [0.717, 1.165) is 26.1 Å². The fourth-order valence-corrected chi connectivity index (χ4v) is 1.10. The van der Waals surface area contributed by atoms with E-state index in [0.29, 0.717) is 6.04 Å². The van der Waals surface area contributed by atoms with Gasteiger partial charge in [0.15, 0.2) is 0 Å². The fourth-order valence-electron chi connectivity index (χ4n) is 1.10. The van der Waals surface area contributed by atoms with Gasteiger partial charge in [0.1, 0.15) is 0 Å². The van der Waals surface area contributed by atoms with Gasteiger partial charge in [0.25, 0.3) is 0 Å². The van der Waals surface area contributed by atoms with Gasteiger partial charge in [-0.25, -0.2) is 0 Å². The zero-order valence-corrected chi connectivity index (χ0v) is 7.86. The molecule has 0 atom stereocenters. The van der Waals surface area contributed by atoms with Crippen LogP contribution in [0.4, 0.5) is 0 Å². The summed E-state index contributed by atoms with van der Waals surface area (Å²) in [5.74, 6) is 0. The van der Waals surface area contributed by atoms with Crippen LogP contribution in [0, 0.1) is 0 Å².